The Hall–Kier alpha value is -3.03. The molecule has 0 N–H and O–H groups in total. The van der Waals surface area contributed by atoms with Gasteiger partial charge in [0.15, 0.2) is 5.82 Å². The van der Waals surface area contributed by atoms with Gasteiger partial charge in [0, 0.05) is 37.8 Å². The summed E-state index contributed by atoms with van der Waals surface area (Å²) in [7, 11) is 1.87. The molecule has 1 atom stereocenters. The van der Waals surface area contributed by atoms with E-state index in [1.54, 1.807) is 11.2 Å². The van der Waals surface area contributed by atoms with Crippen LogP contribution >= 0.6 is 0 Å². The summed E-state index contributed by atoms with van der Waals surface area (Å²) < 4.78 is 20.2. The third-order valence-electron chi connectivity index (χ3n) is 4.53. The van der Waals surface area contributed by atoms with E-state index in [0.29, 0.717) is 36.1 Å². The van der Waals surface area contributed by atoms with Gasteiger partial charge in [-0.05, 0) is 37.1 Å². The molecule has 3 heterocycles. The van der Waals surface area contributed by atoms with E-state index >= 15 is 0 Å². The number of carbonyl (C=O) groups excluding carboxylic acids is 1. The summed E-state index contributed by atoms with van der Waals surface area (Å²) in [5.41, 5.74) is 1.11. The largest absolute Gasteiger partial charge is 0.340 e. The molecule has 0 saturated carbocycles. The molecule has 8 heteroatoms. The van der Waals surface area contributed by atoms with E-state index in [2.05, 4.69) is 15.1 Å². The lowest BCUT2D eigenvalue weighted by Gasteiger charge is -2.31. The number of benzene rings is 1. The maximum atomic E-state index is 13.1. The molecule has 1 aromatic carbocycles. The summed E-state index contributed by atoms with van der Waals surface area (Å²) in [4.78, 5) is 23.1. The van der Waals surface area contributed by atoms with Gasteiger partial charge in [-0.15, -0.1) is 0 Å². The number of piperidine rings is 1. The maximum absolute atomic E-state index is 13.1. The summed E-state index contributed by atoms with van der Waals surface area (Å²) in [6.45, 7) is 1.18. The quantitative estimate of drug-likeness (QED) is 0.722. The topological polar surface area (TPSA) is 77.1 Å². The lowest BCUT2D eigenvalue weighted by Crippen LogP contribution is -2.39. The second-order valence-corrected chi connectivity index (χ2v) is 6.48. The van der Waals surface area contributed by atoms with Gasteiger partial charge in [0.25, 0.3) is 11.8 Å². The van der Waals surface area contributed by atoms with Crippen molar-refractivity contribution >= 4 is 5.91 Å². The lowest BCUT2D eigenvalue weighted by atomic mass is 9.96. The number of hydrogen-bond acceptors (Lipinski definition) is 5. The zero-order valence-electron chi connectivity index (χ0n) is 14.3. The van der Waals surface area contributed by atoms with Crippen LogP contribution in [0.25, 0.3) is 11.6 Å². The summed E-state index contributed by atoms with van der Waals surface area (Å²) in [5, 5.41) is 4.08. The molecule has 1 saturated heterocycles. The molecule has 1 aliphatic heterocycles. The highest BCUT2D eigenvalue weighted by molar-refractivity contribution is 5.94. The van der Waals surface area contributed by atoms with Crippen molar-refractivity contribution in [3.63, 3.8) is 0 Å². The molecule has 0 unspecified atom stereocenters. The van der Waals surface area contributed by atoms with Gasteiger partial charge in [0.2, 0.25) is 0 Å². The number of nitrogens with zero attached hydrogens (tertiary/aromatic N) is 5. The van der Waals surface area contributed by atoms with Crippen LogP contribution in [0.4, 0.5) is 4.39 Å². The average Bonchev–Trinajstić information content (AvgIpc) is 3.31. The lowest BCUT2D eigenvalue weighted by molar-refractivity contribution is 0.0703. The number of rotatable bonds is 3. The van der Waals surface area contributed by atoms with Crippen molar-refractivity contribution in [2.75, 3.05) is 13.1 Å². The first-order valence-corrected chi connectivity index (χ1v) is 8.47. The van der Waals surface area contributed by atoms with Crippen LogP contribution < -0.4 is 0 Å². The molecular formula is C18H18FN5O2. The normalized spacial score (nSPS) is 17.5. The van der Waals surface area contributed by atoms with Gasteiger partial charge in [-0.2, -0.15) is 4.98 Å². The monoisotopic (exact) mass is 355 g/mol. The van der Waals surface area contributed by atoms with E-state index in [-0.39, 0.29) is 17.6 Å². The van der Waals surface area contributed by atoms with Crippen molar-refractivity contribution in [3.05, 3.63) is 54.0 Å². The highest BCUT2D eigenvalue weighted by Gasteiger charge is 2.29. The highest BCUT2D eigenvalue weighted by atomic mass is 19.1. The number of aryl methyl sites for hydroxylation is 1. The number of aromatic nitrogens is 4. The SMILES string of the molecule is Cn1cnc(-c2nc([C@H]3CCCN(C(=O)c4ccc(F)cc4)C3)no2)c1. The molecule has 7 nitrogen and oxygen atoms in total. The number of hydrogen-bond donors (Lipinski definition) is 0. The maximum Gasteiger partial charge on any atom is 0.278 e. The molecule has 1 amide bonds. The van der Waals surface area contributed by atoms with Crippen molar-refractivity contribution in [2.45, 2.75) is 18.8 Å². The Bertz CT molecular complexity index is 918. The number of halogens is 1. The van der Waals surface area contributed by atoms with Crippen molar-refractivity contribution in [1.82, 2.24) is 24.6 Å². The van der Waals surface area contributed by atoms with Crippen molar-refractivity contribution in [1.29, 1.82) is 0 Å². The Labute approximate surface area is 149 Å². The third kappa shape index (κ3) is 3.22. The van der Waals surface area contributed by atoms with E-state index in [9.17, 15) is 9.18 Å². The first-order valence-electron chi connectivity index (χ1n) is 8.47. The Morgan fingerprint density at radius 3 is 2.85 bits per heavy atom. The van der Waals surface area contributed by atoms with E-state index in [4.69, 9.17) is 4.52 Å². The predicted molar refractivity (Wildman–Crippen MR) is 90.8 cm³/mol. The Morgan fingerprint density at radius 2 is 2.12 bits per heavy atom. The molecular weight excluding hydrogens is 337 g/mol. The minimum Gasteiger partial charge on any atom is -0.340 e. The fraction of sp³-hybridized carbons (Fsp3) is 0.333. The highest BCUT2D eigenvalue weighted by Crippen LogP contribution is 2.27. The molecule has 1 fully saturated rings. The summed E-state index contributed by atoms with van der Waals surface area (Å²) in [5.74, 6) is 0.509. The molecule has 0 bridgehead atoms. The summed E-state index contributed by atoms with van der Waals surface area (Å²) in [6, 6.07) is 5.61. The van der Waals surface area contributed by atoms with Gasteiger partial charge in [0.1, 0.15) is 11.5 Å². The summed E-state index contributed by atoms with van der Waals surface area (Å²) >= 11 is 0. The first kappa shape index (κ1) is 16.4. The zero-order valence-corrected chi connectivity index (χ0v) is 14.3. The molecule has 1 aliphatic rings. The second kappa shape index (κ2) is 6.70. The van der Waals surface area contributed by atoms with Gasteiger partial charge in [0.05, 0.1) is 6.33 Å². The fourth-order valence-corrected chi connectivity index (χ4v) is 3.18. The van der Waals surface area contributed by atoms with Crippen LogP contribution in [0, 0.1) is 5.82 Å². The molecule has 0 spiro atoms. The molecule has 0 aliphatic carbocycles. The van der Waals surface area contributed by atoms with Gasteiger partial charge in [-0.3, -0.25) is 4.79 Å². The van der Waals surface area contributed by atoms with E-state index in [1.807, 2.05) is 17.8 Å². The van der Waals surface area contributed by atoms with Crippen molar-refractivity contribution in [2.24, 2.45) is 7.05 Å². The van der Waals surface area contributed by atoms with Crippen LogP contribution in [0.15, 0.2) is 41.3 Å². The smallest absolute Gasteiger partial charge is 0.278 e. The predicted octanol–water partition coefficient (Wildman–Crippen LogP) is 2.63. The van der Waals surface area contributed by atoms with E-state index < -0.39 is 0 Å². The number of likely N-dealkylation sites (tertiary alicyclic amines) is 1. The summed E-state index contributed by atoms with van der Waals surface area (Å²) in [6.07, 6.45) is 5.21. The zero-order chi connectivity index (χ0) is 18.1. The Kier molecular flexibility index (Phi) is 4.24. The molecule has 2 aromatic heterocycles. The van der Waals surface area contributed by atoms with Crippen LogP contribution in [0.5, 0.6) is 0 Å². The minimum atomic E-state index is -0.355. The van der Waals surface area contributed by atoms with Crippen molar-refractivity contribution in [3.8, 4) is 11.6 Å². The van der Waals surface area contributed by atoms with Crippen LogP contribution in [0.1, 0.15) is 34.9 Å². The van der Waals surface area contributed by atoms with Gasteiger partial charge in [-0.25, -0.2) is 9.37 Å². The third-order valence-corrected chi connectivity index (χ3v) is 4.53. The molecule has 4 rings (SSSR count). The number of carbonyl (C=O) groups is 1. The molecule has 3 aromatic rings. The Morgan fingerprint density at radius 1 is 1.31 bits per heavy atom. The van der Waals surface area contributed by atoms with Crippen LogP contribution in [-0.4, -0.2) is 43.6 Å². The minimum absolute atomic E-state index is 0.00867. The van der Waals surface area contributed by atoms with Crippen LogP contribution in [0.3, 0.4) is 0 Å². The molecule has 134 valence electrons. The first-order chi connectivity index (χ1) is 12.6. The van der Waals surface area contributed by atoms with Crippen LogP contribution in [0.2, 0.25) is 0 Å². The number of imidazole rings is 1. The van der Waals surface area contributed by atoms with E-state index in [0.717, 1.165) is 12.8 Å². The number of amides is 1. The van der Waals surface area contributed by atoms with Gasteiger partial charge in [-0.1, -0.05) is 5.16 Å². The van der Waals surface area contributed by atoms with Crippen LogP contribution in [-0.2, 0) is 7.05 Å². The molecule has 0 radical (unpaired) electrons. The van der Waals surface area contributed by atoms with Crippen molar-refractivity contribution < 1.29 is 13.7 Å². The average molecular weight is 355 g/mol. The fourth-order valence-electron chi connectivity index (χ4n) is 3.18. The van der Waals surface area contributed by atoms with E-state index in [1.165, 1.54) is 24.3 Å². The molecule has 26 heavy (non-hydrogen) atoms. The second-order valence-electron chi connectivity index (χ2n) is 6.48. The standard InChI is InChI=1S/C18H18FN5O2/c1-23-10-15(20-11-23)17-21-16(22-26-17)13-3-2-8-24(9-13)18(25)12-4-6-14(19)7-5-12/h4-7,10-11,13H,2-3,8-9H2,1H3/t13-/m0/s1. The van der Waals surface area contributed by atoms with Gasteiger partial charge >= 0.3 is 0 Å². The van der Waals surface area contributed by atoms with Gasteiger partial charge < -0.3 is 14.0 Å². The Balaban J connectivity index is 1.49.